The molecule has 1 heterocycles. The molecule has 11 heavy (non-hydrogen) atoms. The van der Waals surface area contributed by atoms with Gasteiger partial charge in [-0.1, -0.05) is 6.92 Å². The van der Waals surface area contributed by atoms with Gasteiger partial charge in [0.25, 0.3) is 0 Å². The summed E-state index contributed by atoms with van der Waals surface area (Å²) in [6.07, 6.45) is 5.67. The van der Waals surface area contributed by atoms with Gasteiger partial charge in [-0.2, -0.15) is 0 Å². The number of quaternary nitrogens is 1. The van der Waals surface area contributed by atoms with Gasteiger partial charge in [0, 0.05) is 0 Å². The van der Waals surface area contributed by atoms with Crippen molar-refractivity contribution in [3.8, 4) is 0 Å². The van der Waals surface area contributed by atoms with Crippen molar-refractivity contribution in [2.75, 3.05) is 33.4 Å². The van der Waals surface area contributed by atoms with E-state index in [0.717, 1.165) is 37.2 Å². The maximum absolute atomic E-state index is 5.30. The van der Waals surface area contributed by atoms with Crippen LogP contribution in [0.25, 0.3) is 0 Å². The van der Waals surface area contributed by atoms with Crippen LogP contribution in [-0.4, -0.2) is 37.8 Å². The number of hydrogen-bond acceptors (Lipinski definition) is 1. The number of hydrogen-bond donors (Lipinski definition) is 0. The second-order valence-electron chi connectivity index (χ2n) is 3.33. The Labute approximate surface area is 69.0 Å². The highest BCUT2D eigenvalue weighted by atomic mass is 16.5. The van der Waals surface area contributed by atoms with Crippen LogP contribution in [0.2, 0.25) is 0 Å². The topological polar surface area (TPSA) is 9.23 Å². The van der Waals surface area contributed by atoms with E-state index >= 15 is 0 Å². The van der Waals surface area contributed by atoms with E-state index in [1.54, 1.807) is 0 Å². The van der Waals surface area contributed by atoms with E-state index in [0.29, 0.717) is 0 Å². The third-order valence-electron chi connectivity index (χ3n) is 2.19. The molecule has 0 N–H and O–H groups in total. The number of nitrogens with zero attached hydrogens (tertiary/aromatic N) is 1. The van der Waals surface area contributed by atoms with Crippen LogP contribution in [0.4, 0.5) is 0 Å². The smallest absolute Gasteiger partial charge is 0.106 e. The van der Waals surface area contributed by atoms with Crippen LogP contribution in [0.5, 0.6) is 0 Å². The average molecular weight is 156 g/mol. The second-order valence-corrected chi connectivity index (χ2v) is 3.33. The Morgan fingerprint density at radius 2 is 2.00 bits per heavy atom. The summed E-state index contributed by atoms with van der Waals surface area (Å²) in [5.74, 6) is 0. The van der Waals surface area contributed by atoms with Gasteiger partial charge in [-0.05, 0) is 12.5 Å². The van der Waals surface area contributed by atoms with Gasteiger partial charge in [0.2, 0.25) is 0 Å². The van der Waals surface area contributed by atoms with Crippen molar-refractivity contribution in [2.24, 2.45) is 0 Å². The minimum absolute atomic E-state index is 0.907. The molecule has 0 aliphatic carbocycles. The van der Waals surface area contributed by atoms with Gasteiger partial charge in [0.15, 0.2) is 0 Å². The van der Waals surface area contributed by atoms with Gasteiger partial charge in [-0.25, -0.2) is 0 Å². The zero-order chi connectivity index (χ0) is 8.16. The molecule has 1 aliphatic heterocycles. The van der Waals surface area contributed by atoms with Crippen molar-refractivity contribution in [1.82, 2.24) is 0 Å². The molecule has 0 unspecified atom stereocenters. The molecule has 0 radical (unpaired) electrons. The molecule has 1 aliphatic rings. The van der Waals surface area contributed by atoms with Gasteiger partial charge < -0.3 is 4.74 Å². The Kier molecular flexibility index (Phi) is 3.09. The first-order valence-corrected chi connectivity index (χ1v) is 4.36. The average Bonchev–Trinajstić information content (AvgIpc) is 2.03. The highest BCUT2D eigenvalue weighted by molar-refractivity contribution is 4.72. The van der Waals surface area contributed by atoms with Crippen LogP contribution in [0.1, 0.15) is 13.3 Å². The molecule has 1 saturated heterocycles. The molecule has 1 fully saturated rings. The molecular formula is C9H18NO+. The summed E-state index contributed by atoms with van der Waals surface area (Å²) >= 11 is 0. The SMILES string of the molecule is CCC=C[N+]1(C)CCOCC1. The third kappa shape index (κ3) is 2.64. The third-order valence-corrected chi connectivity index (χ3v) is 2.19. The number of allylic oxidation sites excluding steroid dienone is 1. The summed E-state index contributed by atoms with van der Waals surface area (Å²) < 4.78 is 6.34. The molecule has 0 saturated carbocycles. The van der Waals surface area contributed by atoms with Gasteiger partial charge in [0.1, 0.15) is 13.1 Å². The first-order chi connectivity index (χ1) is 5.27. The van der Waals surface area contributed by atoms with Crippen molar-refractivity contribution in [1.29, 1.82) is 0 Å². The molecule has 1 rings (SSSR count). The van der Waals surface area contributed by atoms with Crippen molar-refractivity contribution in [2.45, 2.75) is 13.3 Å². The highest BCUT2D eigenvalue weighted by Gasteiger charge is 2.21. The minimum Gasteiger partial charge on any atom is -0.370 e. The molecule has 0 bridgehead atoms. The molecule has 0 amide bonds. The van der Waals surface area contributed by atoms with E-state index < -0.39 is 0 Å². The quantitative estimate of drug-likeness (QED) is 0.549. The summed E-state index contributed by atoms with van der Waals surface area (Å²) in [6.45, 7) is 6.23. The molecule has 0 spiro atoms. The predicted octanol–water partition coefficient (Wildman–Crippen LogP) is 1.39. The molecule has 2 nitrogen and oxygen atoms in total. The Morgan fingerprint density at radius 3 is 2.55 bits per heavy atom. The Balaban J connectivity index is 2.43. The zero-order valence-electron chi connectivity index (χ0n) is 7.55. The van der Waals surface area contributed by atoms with Crippen molar-refractivity contribution in [3.05, 3.63) is 12.3 Å². The lowest BCUT2D eigenvalue weighted by atomic mass is 10.3. The maximum Gasteiger partial charge on any atom is 0.106 e. The normalized spacial score (nSPS) is 24.2. The molecule has 0 aromatic rings. The fraction of sp³-hybridized carbons (Fsp3) is 0.778. The fourth-order valence-electron chi connectivity index (χ4n) is 1.27. The molecule has 0 atom stereocenters. The molecule has 64 valence electrons. The largest absolute Gasteiger partial charge is 0.370 e. The van der Waals surface area contributed by atoms with Crippen LogP contribution in [0, 0.1) is 0 Å². The minimum atomic E-state index is 0.907. The zero-order valence-corrected chi connectivity index (χ0v) is 7.55. The summed E-state index contributed by atoms with van der Waals surface area (Å²) in [5.41, 5.74) is 0. The van der Waals surface area contributed by atoms with Crippen LogP contribution in [0.15, 0.2) is 12.3 Å². The van der Waals surface area contributed by atoms with E-state index in [4.69, 9.17) is 4.74 Å². The van der Waals surface area contributed by atoms with Crippen molar-refractivity contribution >= 4 is 0 Å². The van der Waals surface area contributed by atoms with Gasteiger partial charge in [-0.15, -0.1) is 0 Å². The van der Waals surface area contributed by atoms with Gasteiger partial charge in [0.05, 0.1) is 26.5 Å². The highest BCUT2D eigenvalue weighted by Crippen LogP contribution is 2.08. The fourth-order valence-corrected chi connectivity index (χ4v) is 1.27. The number of rotatable bonds is 2. The van der Waals surface area contributed by atoms with Gasteiger partial charge in [-0.3, -0.25) is 4.48 Å². The second kappa shape index (κ2) is 3.88. The van der Waals surface area contributed by atoms with E-state index in [2.05, 4.69) is 26.2 Å². The van der Waals surface area contributed by atoms with Gasteiger partial charge >= 0.3 is 0 Å². The van der Waals surface area contributed by atoms with Crippen molar-refractivity contribution in [3.63, 3.8) is 0 Å². The summed E-state index contributed by atoms with van der Waals surface area (Å²) in [6, 6.07) is 0. The molecule has 0 aromatic carbocycles. The number of morpholine rings is 1. The van der Waals surface area contributed by atoms with E-state index in [1.807, 2.05) is 0 Å². The monoisotopic (exact) mass is 156 g/mol. The Hall–Kier alpha value is -0.340. The first kappa shape index (κ1) is 8.75. The van der Waals surface area contributed by atoms with E-state index in [9.17, 15) is 0 Å². The molecule has 0 aromatic heterocycles. The Morgan fingerprint density at radius 1 is 1.36 bits per heavy atom. The first-order valence-electron chi connectivity index (χ1n) is 4.36. The summed E-state index contributed by atoms with van der Waals surface area (Å²) in [5, 5.41) is 0. The Bertz CT molecular complexity index is 136. The predicted molar refractivity (Wildman–Crippen MR) is 46.2 cm³/mol. The lowest BCUT2D eigenvalue weighted by Gasteiger charge is -2.33. The van der Waals surface area contributed by atoms with Crippen molar-refractivity contribution < 1.29 is 9.22 Å². The van der Waals surface area contributed by atoms with E-state index in [1.165, 1.54) is 0 Å². The number of ether oxygens (including phenoxy) is 1. The summed E-state index contributed by atoms with van der Waals surface area (Å²) in [7, 11) is 2.26. The lowest BCUT2D eigenvalue weighted by molar-refractivity contribution is -0.868. The van der Waals surface area contributed by atoms with Crippen LogP contribution in [-0.2, 0) is 4.74 Å². The van der Waals surface area contributed by atoms with Crippen LogP contribution in [0.3, 0.4) is 0 Å². The molecule has 2 heteroatoms. The van der Waals surface area contributed by atoms with Crippen LogP contribution < -0.4 is 0 Å². The van der Waals surface area contributed by atoms with Crippen LogP contribution >= 0.6 is 0 Å². The standard InChI is InChI=1S/C9H18NO/c1-3-4-5-10(2)6-8-11-9-7-10/h4-5H,3,6-9H2,1-2H3/q+1. The molecular weight excluding hydrogens is 138 g/mol. The van der Waals surface area contributed by atoms with E-state index in [-0.39, 0.29) is 0 Å². The summed E-state index contributed by atoms with van der Waals surface area (Å²) in [4.78, 5) is 0. The maximum atomic E-state index is 5.30. The number of likely N-dealkylation sites (N-methyl/N-ethyl adjacent to an activating group) is 1. The lowest BCUT2D eigenvalue weighted by Crippen LogP contribution is -2.47.